The summed E-state index contributed by atoms with van der Waals surface area (Å²) in [6, 6.07) is 0. The van der Waals surface area contributed by atoms with E-state index >= 15 is 0 Å². The molecule has 1 aliphatic carbocycles. The van der Waals surface area contributed by atoms with E-state index in [9.17, 15) is 14.4 Å². The zero-order valence-electron chi connectivity index (χ0n) is 16.3. The first-order valence-electron chi connectivity index (χ1n) is 9.15. The lowest BCUT2D eigenvalue weighted by Crippen LogP contribution is -2.28. The Hall–Kier alpha value is -1.47. The molecule has 0 aliphatic heterocycles. The minimum atomic E-state index is -0.390. The van der Waals surface area contributed by atoms with E-state index in [-0.39, 0.29) is 21.1 Å². The fourth-order valence-corrected chi connectivity index (χ4v) is 1.84. The van der Waals surface area contributed by atoms with E-state index in [1.165, 1.54) is 6.42 Å². The van der Waals surface area contributed by atoms with Crippen LogP contribution in [0.1, 0.15) is 62.1 Å². The zero-order valence-corrected chi connectivity index (χ0v) is 16.3. The maximum absolute atomic E-state index is 11.0. The standard InChI is InChI=1S/C9H18N2O4.C7H12O.C2H6.2H2/c1-14-5-3-9(13)11-4-7-15-6-2-8(10)12;1-2-7(8)6-4-3-5-6;1-2;;/h2-7H2,1H3,(H2,10,12)(H,11,13);6H,2-5H2,1H3;1-2H3;2*1H. The van der Waals surface area contributed by atoms with Gasteiger partial charge in [0.25, 0.3) is 0 Å². The molecule has 0 aromatic carbocycles. The number of rotatable bonds is 11. The summed E-state index contributed by atoms with van der Waals surface area (Å²) >= 11 is 0. The van der Waals surface area contributed by atoms with Crippen molar-refractivity contribution in [1.29, 1.82) is 0 Å². The number of primary amides is 1. The van der Waals surface area contributed by atoms with Crippen LogP contribution in [0.5, 0.6) is 0 Å². The van der Waals surface area contributed by atoms with E-state index in [2.05, 4.69) is 5.32 Å². The molecule has 0 bridgehead atoms. The fourth-order valence-electron chi connectivity index (χ4n) is 1.84. The van der Waals surface area contributed by atoms with Crippen LogP contribution in [-0.4, -0.2) is 51.1 Å². The molecule has 0 atom stereocenters. The van der Waals surface area contributed by atoms with Gasteiger partial charge in [0.2, 0.25) is 11.8 Å². The van der Waals surface area contributed by atoms with Crippen molar-refractivity contribution in [1.82, 2.24) is 5.32 Å². The molecule has 25 heavy (non-hydrogen) atoms. The number of ketones is 1. The van der Waals surface area contributed by atoms with Crippen LogP contribution >= 0.6 is 0 Å². The van der Waals surface area contributed by atoms with Gasteiger partial charge in [-0.2, -0.15) is 0 Å². The Morgan fingerprint density at radius 1 is 1.12 bits per heavy atom. The summed E-state index contributed by atoms with van der Waals surface area (Å²) in [6.07, 6.45) is 4.88. The number of carbonyl (C=O) groups excluding carboxylic acids is 3. The van der Waals surface area contributed by atoms with Gasteiger partial charge in [-0.3, -0.25) is 14.4 Å². The van der Waals surface area contributed by atoms with Crippen molar-refractivity contribution in [2.45, 2.75) is 59.3 Å². The lowest BCUT2D eigenvalue weighted by molar-refractivity contribution is -0.125. The van der Waals surface area contributed by atoms with Gasteiger partial charge < -0.3 is 20.5 Å². The SMILES string of the molecule is CC.CCC(=O)C1CCC1.COCCC(=O)NCCOCCC(N)=O.[HH].[HH]. The first-order valence-corrected chi connectivity index (χ1v) is 9.15. The van der Waals surface area contributed by atoms with E-state index in [1.807, 2.05) is 20.8 Å². The average molecular weight is 365 g/mol. The quantitative estimate of drug-likeness (QED) is 0.547. The molecule has 152 valence electrons. The van der Waals surface area contributed by atoms with Gasteiger partial charge in [-0.1, -0.05) is 27.2 Å². The lowest BCUT2D eigenvalue weighted by atomic mass is 9.81. The maximum atomic E-state index is 11.0. The van der Waals surface area contributed by atoms with Crippen molar-refractivity contribution >= 4 is 17.6 Å². The third kappa shape index (κ3) is 17.2. The van der Waals surface area contributed by atoms with Crippen LogP contribution in [0, 0.1) is 5.92 Å². The molecule has 0 aromatic heterocycles. The van der Waals surface area contributed by atoms with Gasteiger partial charge in [0.05, 0.1) is 19.8 Å². The first kappa shape index (κ1) is 25.8. The molecule has 0 heterocycles. The molecule has 0 aromatic rings. The Morgan fingerprint density at radius 2 is 1.76 bits per heavy atom. The summed E-state index contributed by atoms with van der Waals surface area (Å²) in [5.74, 6) is 0.464. The minimum absolute atomic E-state index is 0. The Morgan fingerprint density at radius 3 is 2.16 bits per heavy atom. The molecule has 2 amide bonds. The molecule has 1 aliphatic rings. The van der Waals surface area contributed by atoms with E-state index in [0.29, 0.717) is 44.5 Å². The molecule has 1 rings (SSSR count). The topological polar surface area (TPSA) is 108 Å². The molecule has 0 radical (unpaired) electrons. The van der Waals surface area contributed by atoms with Crippen molar-refractivity contribution in [3.63, 3.8) is 0 Å². The van der Waals surface area contributed by atoms with Gasteiger partial charge in [0.15, 0.2) is 0 Å². The van der Waals surface area contributed by atoms with Crippen molar-refractivity contribution < 1.29 is 26.7 Å². The second kappa shape index (κ2) is 18.9. The summed E-state index contributed by atoms with van der Waals surface area (Å²) in [5.41, 5.74) is 4.91. The number of ether oxygens (including phenoxy) is 2. The molecule has 7 nitrogen and oxygen atoms in total. The van der Waals surface area contributed by atoms with Crippen LogP contribution in [0.25, 0.3) is 0 Å². The highest BCUT2D eigenvalue weighted by Crippen LogP contribution is 2.27. The van der Waals surface area contributed by atoms with Crippen LogP contribution in [0.15, 0.2) is 0 Å². The number of nitrogens with two attached hydrogens (primary N) is 1. The first-order chi connectivity index (χ1) is 12.0. The normalized spacial score (nSPS) is 12.6. The molecule has 7 heteroatoms. The number of hydrogen-bond acceptors (Lipinski definition) is 5. The number of Topliss-reactive ketones (excluding diaryl/α,β-unsaturated/α-hetero) is 1. The molecular weight excluding hydrogens is 324 g/mol. The van der Waals surface area contributed by atoms with Gasteiger partial charge >= 0.3 is 0 Å². The second-order valence-corrected chi connectivity index (χ2v) is 5.37. The zero-order chi connectivity index (χ0) is 19.5. The van der Waals surface area contributed by atoms with Crippen LogP contribution < -0.4 is 11.1 Å². The maximum Gasteiger partial charge on any atom is 0.222 e. The third-order valence-corrected chi connectivity index (χ3v) is 3.50. The molecular formula is C18H40N2O5. The highest BCUT2D eigenvalue weighted by atomic mass is 16.5. The van der Waals surface area contributed by atoms with Gasteiger partial charge in [-0.15, -0.1) is 0 Å². The van der Waals surface area contributed by atoms with Crippen molar-refractivity contribution in [2.24, 2.45) is 11.7 Å². The van der Waals surface area contributed by atoms with Crippen LogP contribution in [0.2, 0.25) is 0 Å². The van der Waals surface area contributed by atoms with E-state index < -0.39 is 0 Å². The van der Waals surface area contributed by atoms with Crippen molar-refractivity contribution in [3.8, 4) is 0 Å². The van der Waals surface area contributed by atoms with E-state index in [4.69, 9.17) is 15.2 Å². The van der Waals surface area contributed by atoms with Crippen molar-refractivity contribution in [2.75, 3.05) is 33.5 Å². The predicted octanol–water partition coefficient (Wildman–Crippen LogP) is 2.31. The Bertz CT molecular complexity index is 368. The monoisotopic (exact) mass is 364 g/mol. The number of hydrogen-bond donors (Lipinski definition) is 2. The van der Waals surface area contributed by atoms with Gasteiger partial charge in [0.1, 0.15) is 5.78 Å². The summed E-state index contributed by atoms with van der Waals surface area (Å²) in [7, 11) is 1.54. The van der Waals surface area contributed by atoms with E-state index in [0.717, 1.165) is 19.3 Å². The van der Waals surface area contributed by atoms with Crippen LogP contribution in [-0.2, 0) is 23.9 Å². The lowest BCUT2D eigenvalue weighted by Gasteiger charge is -2.22. The molecule has 1 saturated carbocycles. The van der Waals surface area contributed by atoms with E-state index in [1.54, 1.807) is 7.11 Å². The van der Waals surface area contributed by atoms with Crippen LogP contribution in [0.3, 0.4) is 0 Å². The Labute approximate surface area is 155 Å². The molecule has 0 spiro atoms. The van der Waals surface area contributed by atoms with Crippen molar-refractivity contribution in [3.05, 3.63) is 0 Å². The number of nitrogens with one attached hydrogen (secondary N) is 1. The number of methoxy groups -OCH3 is 1. The molecule has 3 N–H and O–H groups in total. The third-order valence-electron chi connectivity index (χ3n) is 3.50. The molecule has 0 unspecified atom stereocenters. The van der Waals surface area contributed by atoms with Gasteiger partial charge in [-0.25, -0.2) is 0 Å². The van der Waals surface area contributed by atoms with Gasteiger partial charge in [-0.05, 0) is 12.8 Å². The molecule has 0 saturated heterocycles. The average Bonchev–Trinajstić information content (AvgIpc) is 2.56. The molecule has 1 fully saturated rings. The van der Waals surface area contributed by atoms with Crippen LogP contribution in [0.4, 0.5) is 0 Å². The van der Waals surface area contributed by atoms with Gasteiger partial charge in [0, 0.05) is 41.7 Å². The summed E-state index contributed by atoms with van der Waals surface area (Å²) in [4.78, 5) is 32.1. The number of carbonyl (C=O) groups is 3. The highest BCUT2D eigenvalue weighted by Gasteiger charge is 2.22. The summed E-state index contributed by atoms with van der Waals surface area (Å²) in [5, 5.41) is 2.65. The largest absolute Gasteiger partial charge is 0.384 e. The predicted molar refractivity (Wildman–Crippen MR) is 102 cm³/mol. The Balaban J connectivity index is -0.000000187. The highest BCUT2D eigenvalue weighted by molar-refractivity contribution is 5.81. The minimum Gasteiger partial charge on any atom is -0.384 e. The smallest absolute Gasteiger partial charge is 0.222 e. The summed E-state index contributed by atoms with van der Waals surface area (Å²) < 4.78 is 9.79. The fraction of sp³-hybridized carbons (Fsp3) is 0.833. The Kier molecular flexibility index (Phi) is 19.4. The number of amides is 2. The second-order valence-electron chi connectivity index (χ2n) is 5.37. The summed E-state index contributed by atoms with van der Waals surface area (Å²) in [6.45, 7) is 7.46.